The number of hydrogen-bond acceptors (Lipinski definition) is 3. The van der Waals surface area contributed by atoms with Crippen LogP contribution in [-0.4, -0.2) is 25.3 Å². The molecule has 1 aliphatic heterocycles. The molecule has 0 aromatic heterocycles. The van der Waals surface area contributed by atoms with Crippen molar-refractivity contribution in [2.75, 3.05) is 18.1 Å². The van der Waals surface area contributed by atoms with Gasteiger partial charge in [0.1, 0.15) is 6.09 Å². The highest BCUT2D eigenvalue weighted by molar-refractivity contribution is 5.84. The molecular formula is C11H12NO3-. The number of amides is 1. The average molecular weight is 206 g/mol. The molecule has 0 N–H and O–H groups in total. The van der Waals surface area contributed by atoms with E-state index in [1.54, 1.807) is 12.1 Å². The van der Waals surface area contributed by atoms with Crippen LogP contribution in [0.25, 0.3) is 0 Å². The van der Waals surface area contributed by atoms with Crippen molar-refractivity contribution in [3.8, 4) is 0 Å². The fourth-order valence-electron chi connectivity index (χ4n) is 1.39. The minimum Gasteiger partial charge on any atom is -0.530 e. The van der Waals surface area contributed by atoms with Crippen molar-refractivity contribution in [3.05, 3.63) is 29.8 Å². The van der Waals surface area contributed by atoms with E-state index in [9.17, 15) is 9.90 Å². The third-order valence-electron chi connectivity index (χ3n) is 2.35. The Labute approximate surface area is 88.1 Å². The number of benzene rings is 1. The topological polar surface area (TPSA) is 55.9 Å². The molecule has 4 heteroatoms. The van der Waals surface area contributed by atoms with Crippen molar-refractivity contribution < 1.29 is 14.6 Å². The molecule has 15 heavy (non-hydrogen) atoms. The predicted molar refractivity (Wildman–Crippen MR) is 53.7 cm³/mol. The van der Waals surface area contributed by atoms with E-state index in [1.165, 1.54) is 4.90 Å². The molecule has 1 unspecified atom stereocenters. The molecule has 0 radical (unpaired) electrons. The largest absolute Gasteiger partial charge is 0.530 e. The highest BCUT2D eigenvalue weighted by Gasteiger charge is 2.26. The third-order valence-corrected chi connectivity index (χ3v) is 2.35. The first kappa shape index (κ1) is 9.98. The zero-order valence-electron chi connectivity index (χ0n) is 8.47. The van der Waals surface area contributed by atoms with Crippen molar-refractivity contribution in [2.45, 2.75) is 13.0 Å². The Morgan fingerprint density at radius 1 is 1.53 bits per heavy atom. The van der Waals surface area contributed by atoms with E-state index in [2.05, 4.69) is 0 Å². The van der Waals surface area contributed by atoms with Gasteiger partial charge in [-0.1, -0.05) is 17.7 Å². The predicted octanol–water partition coefficient (Wildman–Crippen LogP) is 0.544. The number of carboxylic acid groups (broad SMARTS) is 1. The van der Waals surface area contributed by atoms with Crippen molar-refractivity contribution in [3.63, 3.8) is 0 Å². The van der Waals surface area contributed by atoms with Gasteiger partial charge in [-0.05, 0) is 19.1 Å². The molecule has 80 valence electrons. The molecule has 1 atom stereocenters. The van der Waals surface area contributed by atoms with Gasteiger partial charge >= 0.3 is 0 Å². The highest BCUT2D eigenvalue weighted by atomic mass is 16.6. The molecule has 0 aliphatic carbocycles. The average Bonchev–Trinajstić information content (AvgIpc) is 2.99. The SMILES string of the molecule is Cc1ccc(N(CC2CO2)C(=O)[O-])cc1. The number of aryl methyl sites for hydroxylation is 1. The number of epoxide rings is 1. The Bertz CT molecular complexity index is 357. The maximum absolute atomic E-state index is 10.9. The summed E-state index contributed by atoms with van der Waals surface area (Å²) in [7, 11) is 0. The maximum atomic E-state index is 10.9. The molecule has 1 heterocycles. The van der Waals surface area contributed by atoms with E-state index < -0.39 is 6.09 Å². The molecule has 0 bridgehead atoms. The Morgan fingerprint density at radius 3 is 2.60 bits per heavy atom. The molecular weight excluding hydrogens is 194 g/mol. The number of carbonyl (C=O) groups excluding carboxylic acids is 1. The minimum absolute atomic E-state index is 0.0317. The summed E-state index contributed by atoms with van der Waals surface area (Å²) < 4.78 is 5.00. The lowest BCUT2D eigenvalue weighted by molar-refractivity contribution is -0.246. The summed E-state index contributed by atoms with van der Waals surface area (Å²) in [6.07, 6.45) is -1.15. The molecule has 1 saturated heterocycles. The van der Waals surface area contributed by atoms with E-state index in [1.807, 2.05) is 19.1 Å². The lowest BCUT2D eigenvalue weighted by Gasteiger charge is -2.24. The van der Waals surface area contributed by atoms with Crippen LogP contribution in [0, 0.1) is 6.92 Å². The Kier molecular flexibility index (Phi) is 2.60. The summed E-state index contributed by atoms with van der Waals surface area (Å²) in [5, 5.41) is 10.9. The van der Waals surface area contributed by atoms with Gasteiger partial charge in [-0.15, -0.1) is 0 Å². The van der Waals surface area contributed by atoms with E-state index >= 15 is 0 Å². The van der Waals surface area contributed by atoms with Crippen molar-refractivity contribution in [2.24, 2.45) is 0 Å². The van der Waals surface area contributed by atoms with Crippen LogP contribution in [0.4, 0.5) is 10.5 Å². The Hall–Kier alpha value is -1.55. The Morgan fingerprint density at radius 2 is 2.13 bits per heavy atom. The first-order chi connectivity index (χ1) is 7.16. The molecule has 1 aromatic carbocycles. The Balaban J connectivity index is 2.15. The number of hydrogen-bond donors (Lipinski definition) is 0. The van der Waals surface area contributed by atoms with Crippen molar-refractivity contribution in [1.82, 2.24) is 0 Å². The summed E-state index contributed by atoms with van der Waals surface area (Å²) in [4.78, 5) is 12.1. The quantitative estimate of drug-likeness (QED) is 0.678. The molecule has 2 rings (SSSR count). The number of rotatable bonds is 3. The summed E-state index contributed by atoms with van der Waals surface area (Å²) >= 11 is 0. The van der Waals surface area contributed by atoms with Crippen LogP contribution in [0.1, 0.15) is 5.56 Å². The first-order valence-electron chi connectivity index (χ1n) is 4.83. The summed E-state index contributed by atoms with van der Waals surface area (Å²) in [5.41, 5.74) is 1.73. The zero-order chi connectivity index (χ0) is 10.8. The zero-order valence-corrected chi connectivity index (χ0v) is 8.47. The van der Waals surface area contributed by atoms with Gasteiger partial charge in [0.15, 0.2) is 0 Å². The van der Waals surface area contributed by atoms with Crippen LogP contribution in [0.5, 0.6) is 0 Å². The fourth-order valence-corrected chi connectivity index (χ4v) is 1.39. The van der Waals surface area contributed by atoms with Gasteiger partial charge < -0.3 is 19.5 Å². The van der Waals surface area contributed by atoms with Crippen LogP contribution in [0.2, 0.25) is 0 Å². The second-order valence-corrected chi connectivity index (χ2v) is 3.67. The van der Waals surface area contributed by atoms with Crippen LogP contribution in [-0.2, 0) is 4.74 Å². The molecule has 0 spiro atoms. The minimum atomic E-state index is -1.19. The van der Waals surface area contributed by atoms with Gasteiger partial charge in [-0.2, -0.15) is 0 Å². The normalized spacial score (nSPS) is 18.6. The van der Waals surface area contributed by atoms with Crippen LogP contribution in [0.15, 0.2) is 24.3 Å². The summed E-state index contributed by atoms with van der Waals surface area (Å²) in [6.45, 7) is 2.94. The molecule has 1 aliphatic rings. The number of nitrogens with zero attached hydrogens (tertiary/aromatic N) is 1. The van der Waals surface area contributed by atoms with Crippen LogP contribution in [0.3, 0.4) is 0 Å². The molecule has 1 fully saturated rings. The van der Waals surface area contributed by atoms with E-state index in [0.29, 0.717) is 18.8 Å². The molecule has 1 amide bonds. The van der Waals surface area contributed by atoms with Gasteiger partial charge in [0.2, 0.25) is 0 Å². The third kappa shape index (κ3) is 2.47. The van der Waals surface area contributed by atoms with E-state index in [4.69, 9.17) is 4.74 Å². The smallest absolute Gasteiger partial charge is 0.141 e. The van der Waals surface area contributed by atoms with Crippen LogP contribution < -0.4 is 10.0 Å². The lowest BCUT2D eigenvalue weighted by Crippen LogP contribution is -2.43. The number of anilines is 1. The first-order valence-corrected chi connectivity index (χ1v) is 4.83. The standard InChI is InChI=1S/C11H13NO3/c1-8-2-4-9(5-3-8)12(11(13)14)6-10-7-15-10/h2-5,10H,6-7H2,1H3,(H,13,14)/p-1. The number of carbonyl (C=O) groups is 1. The van der Waals surface area contributed by atoms with E-state index in [-0.39, 0.29) is 6.10 Å². The number of ether oxygens (including phenoxy) is 1. The van der Waals surface area contributed by atoms with Gasteiger partial charge in [-0.3, -0.25) is 0 Å². The van der Waals surface area contributed by atoms with Crippen LogP contribution >= 0.6 is 0 Å². The summed E-state index contributed by atoms with van der Waals surface area (Å²) in [6, 6.07) is 7.29. The van der Waals surface area contributed by atoms with Gasteiger partial charge in [-0.25, -0.2) is 0 Å². The van der Waals surface area contributed by atoms with Gasteiger partial charge in [0.05, 0.1) is 19.3 Å². The molecule has 1 aromatic rings. The second-order valence-electron chi connectivity index (χ2n) is 3.67. The maximum Gasteiger partial charge on any atom is 0.141 e. The molecule has 0 saturated carbocycles. The highest BCUT2D eigenvalue weighted by Crippen LogP contribution is 2.19. The second kappa shape index (κ2) is 3.90. The lowest BCUT2D eigenvalue weighted by atomic mass is 10.2. The summed E-state index contributed by atoms with van der Waals surface area (Å²) in [5.74, 6) is 0. The van der Waals surface area contributed by atoms with E-state index in [0.717, 1.165) is 5.56 Å². The van der Waals surface area contributed by atoms with Gasteiger partial charge in [0, 0.05) is 5.69 Å². The van der Waals surface area contributed by atoms with Crippen molar-refractivity contribution in [1.29, 1.82) is 0 Å². The monoisotopic (exact) mass is 206 g/mol. The van der Waals surface area contributed by atoms with Crippen molar-refractivity contribution >= 4 is 11.8 Å². The van der Waals surface area contributed by atoms with Gasteiger partial charge in [0.25, 0.3) is 0 Å². The fraction of sp³-hybridized carbons (Fsp3) is 0.364. The molecule has 4 nitrogen and oxygen atoms in total.